The first-order valence-corrected chi connectivity index (χ1v) is 5.94. The number of nitrogens with zero attached hydrogens (tertiary/aromatic N) is 2. The second-order valence-corrected chi connectivity index (χ2v) is 6.03. The Bertz CT molecular complexity index is 416. The lowest BCUT2D eigenvalue weighted by atomic mass is 9.87. The van der Waals surface area contributed by atoms with Crippen molar-refractivity contribution in [1.82, 2.24) is 0 Å². The first-order valence-electron chi connectivity index (χ1n) is 5.94. The number of benzene rings is 1. The van der Waals surface area contributed by atoms with Gasteiger partial charge in [0, 0.05) is 12.7 Å². The highest BCUT2D eigenvalue weighted by Gasteiger charge is 2.23. The van der Waals surface area contributed by atoms with Gasteiger partial charge in [0.25, 0.3) is 0 Å². The molecule has 0 saturated carbocycles. The molecule has 0 aliphatic rings. The van der Waals surface area contributed by atoms with Gasteiger partial charge in [-0.1, -0.05) is 32.9 Å². The molecule has 0 spiro atoms. The average molecular weight is 230 g/mol. The van der Waals surface area contributed by atoms with Gasteiger partial charge >= 0.3 is 0 Å². The fraction of sp³-hybridized carbons (Fsp3) is 0.533. The maximum Gasteiger partial charge on any atom is 0.121 e. The molecule has 1 rings (SSSR count). The third-order valence-corrected chi connectivity index (χ3v) is 3.23. The summed E-state index contributed by atoms with van der Waals surface area (Å²) in [5.41, 5.74) is 2.07. The SMILES string of the molecule is CN(c1ccc(C(C)(C)C)cc1)C(C)(C)C#N. The second kappa shape index (κ2) is 4.41. The van der Waals surface area contributed by atoms with Gasteiger partial charge in [0.1, 0.15) is 5.54 Å². The van der Waals surface area contributed by atoms with E-state index in [-0.39, 0.29) is 5.41 Å². The van der Waals surface area contributed by atoms with Gasteiger partial charge in [0.2, 0.25) is 0 Å². The number of hydrogen-bond acceptors (Lipinski definition) is 2. The van der Waals surface area contributed by atoms with Crippen LogP contribution in [0.15, 0.2) is 24.3 Å². The van der Waals surface area contributed by atoms with E-state index >= 15 is 0 Å². The predicted octanol–water partition coefficient (Wildman–Crippen LogP) is 3.72. The Kier molecular flexibility index (Phi) is 3.52. The quantitative estimate of drug-likeness (QED) is 0.774. The molecule has 2 heteroatoms. The Hall–Kier alpha value is -1.49. The van der Waals surface area contributed by atoms with Crippen molar-refractivity contribution in [2.75, 3.05) is 11.9 Å². The van der Waals surface area contributed by atoms with Crippen molar-refractivity contribution in [3.05, 3.63) is 29.8 Å². The van der Waals surface area contributed by atoms with Crippen molar-refractivity contribution < 1.29 is 0 Å². The van der Waals surface area contributed by atoms with Crippen LogP contribution in [0, 0.1) is 11.3 Å². The Morgan fingerprint density at radius 2 is 1.47 bits per heavy atom. The largest absolute Gasteiger partial charge is 0.357 e. The molecule has 0 aliphatic heterocycles. The fourth-order valence-corrected chi connectivity index (χ4v) is 1.58. The average Bonchev–Trinajstić information content (AvgIpc) is 2.27. The molecule has 17 heavy (non-hydrogen) atoms. The summed E-state index contributed by atoms with van der Waals surface area (Å²) in [6.45, 7) is 10.4. The Labute approximate surface area is 105 Å². The zero-order valence-electron chi connectivity index (χ0n) is 11.7. The lowest BCUT2D eigenvalue weighted by molar-refractivity contribution is 0.589. The van der Waals surface area contributed by atoms with E-state index in [4.69, 9.17) is 5.26 Å². The van der Waals surface area contributed by atoms with Crippen LogP contribution in [0.2, 0.25) is 0 Å². The van der Waals surface area contributed by atoms with E-state index in [1.54, 1.807) is 0 Å². The van der Waals surface area contributed by atoms with Crippen LogP contribution in [0.3, 0.4) is 0 Å². The van der Waals surface area contributed by atoms with Crippen molar-refractivity contribution in [3.8, 4) is 6.07 Å². The standard InChI is InChI=1S/C15H22N2/c1-14(2,3)12-7-9-13(10-8-12)17(6)15(4,5)11-16/h7-10H,1-6H3. The lowest BCUT2D eigenvalue weighted by Gasteiger charge is -2.31. The lowest BCUT2D eigenvalue weighted by Crippen LogP contribution is -2.39. The van der Waals surface area contributed by atoms with Gasteiger partial charge in [-0.15, -0.1) is 0 Å². The first kappa shape index (κ1) is 13.6. The Morgan fingerprint density at radius 3 is 1.82 bits per heavy atom. The molecule has 1 aromatic carbocycles. The summed E-state index contributed by atoms with van der Waals surface area (Å²) in [5, 5.41) is 9.12. The summed E-state index contributed by atoms with van der Waals surface area (Å²) in [4.78, 5) is 2.00. The predicted molar refractivity (Wildman–Crippen MR) is 73.2 cm³/mol. The van der Waals surface area contributed by atoms with E-state index in [1.165, 1.54) is 5.56 Å². The molecule has 0 N–H and O–H groups in total. The summed E-state index contributed by atoms with van der Waals surface area (Å²) in [6, 6.07) is 10.8. The van der Waals surface area contributed by atoms with Gasteiger partial charge < -0.3 is 4.90 Å². The van der Waals surface area contributed by atoms with Crippen LogP contribution >= 0.6 is 0 Å². The maximum absolute atomic E-state index is 9.12. The van der Waals surface area contributed by atoms with Crippen LogP contribution in [0.25, 0.3) is 0 Å². The molecule has 0 saturated heterocycles. The van der Waals surface area contributed by atoms with E-state index in [2.05, 4.69) is 51.1 Å². The van der Waals surface area contributed by atoms with Crippen LogP contribution in [0.4, 0.5) is 5.69 Å². The smallest absolute Gasteiger partial charge is 0.121 e. The Balaban J connectivity index is 3.01. The Morgan fingerprint density at radius 1 is 1.00 bits per heavy atom. The maximum atomic E-state index is 9.12. The summed E-state index contributed by atoms with van der Waals surface area (Å²) in [6.07, 6.45) is 0. The van der Waals surface area contributed by atoms with E-state index in [1.807, 2.05) is 25.8 Å². The van der Waals surface area contributed by atoms with E-state index in [9.17, 15) is 0 Å². The second-order valence-electron chi connectivity index (χ2n) is 6.03. The zero-order chi connectivity index (χ0) is 13.3. The molecule has 2 nitrogen and oxygen atoms in total. The molecular weight excluding hydrogens is 208 g/mol. The van der Waals surface area contributed by atoms with Crippen molar-refractivity contribution in [2.24, 2.45) is 0 Å². The molecular formula is C15H22N2. The number of anilines is 1. The molecule has 0 amide bonds. The number of hydrogen-bond donors (Lipinski definition) is 0. The minimum atomic E-state index is -0.483. The summed E-state index contributed by atoms with van der Waals surface area (Å²) in [5.74, 6) is 0. The molecule has 0 heterocycles. The minimum Gasteiger partial charge on any atom is -0.357 e. The van der Waals surface area contributed by atoms with Crippen molar-refractivity contribution >= 4 is 5.69 Å². The zero-order valence-corrected chi connectivity index (χ0v) is 11.7. The van der Waals surface area contributed by atoms with Crippen LogP contribution in [0.1, 0.15) is 40.2 Å². The van der Waals surface area contributed by atoms with Gasteiger partial charge in [-0.05, 0) is 37.0 Å². The van der Waals surface area contributed by atoms with Crippen molar-refractivity contribution in [3.63, 3.8) is 0 Å². The van der Waals surface area contributed by atoms with Gasteiger partial charge in [-0.3, -0.25) is 0 Å². The van der Waals surface area contributed by atoms with Crippen LogP contribution < -0.4 is 4.90 Å². The molecule has 0 aromatic heterocycles. The minimum absolute atomic E-state index is 0.168. The van der Waals surface area contributed by atoms with E-state index in [0.29, 0.717) is 0 Å². The highest BCUT2D eigenvalue weighted by Crippen LogP contribution is 2.27. The van der Waals surface area contributed by atoms with Gasteiger partial charge in [0.15, 0.2) is 0 Å². The van der Waals surface area contributed by atoms with Crippen molar-refractivity contribution in [2.45, 2.75) is 45.6 Å². The summed E-state index contributed by atoms with van der Waals surface area (Å²) < 4.78 is 0. The molecule has 0 unspecified atom stereocenters. The van der Waals surface area contributed by atoms with Crippen LogP contribution in [0.5, 0.6) is 0 Å². The monoisotopic (exact) mass is 230 g/mol. The molecule has 1 aromatic rings. The fourth-order valence-electron chi connectivity index (χ4n) is 1.58. The van der Waals surface area contributed by atoms with Crippen LogP contribution in [-0.2, 0) is 5.41 Å². The molecule has 0 bridgehead atoms. The third-order valence-electron chi connectivity index (χ3n) is 3.23. The molecule has 0 radical (unpaired) electrons. The van der Waals surface area contributed by atoms with Crippen LogP contribution in [-0.4, -0.2) is 12.6 Å². The van der Waals surface area contributed by atoms with Gasteiger partial charge in [-0.25, -0.2) is 0 Å². The summed E-state index contributed by atoms with van der Waals surface area (Å²) in [7, 11) is 1.95. The highest BCUT2D eigenvalue weighted by atomic mass is 15.2. The molecule has 0 atom stereocenters. The van der Waals surface area contributed by atoms with Crippen molar-refractivity contribution in [1.29, 1.82) is 5.26 Å². The molecule has 92 valence electrons. The third kappa shape index (κ3) is 3.00. The van der Waals surface area contributed by atoms with E-state index in [0.717, 1.165) is 5.69 Å². The normalized spacial score (nSPS) is 12.1. The number of nitriles is 1. The molecule has 0 fully saturated rings. The topological polar surface area (TPSA) is 27.0 Å². The first-order chi connectivity index (χ1) is 7.68. The molecule has 0 aliphatic carbocycles. The van der Waals surface area contributed by atoms with Gasteiger partial charge in [0.05, 0.1) is 6.07 Å². The highest BCUT2D eigenvalue weighted by molar-refractivity contribution is 5.51. The van der Waals surface area contributed by atoms with Gasteiger partial charge in [-0.2, -0.15) is 5.26 Å². The number of rotatable bonds is 2. The summed E-state index contributed by atoms with van der Waals surface area (Å²) >= 11 is 0. The van der Waals surface area contributed by atoms with E-state index < -0.39 is 5.54 Å².